The van der Waals surface area contributed by atoms with Crippen LogP contribution in [0.2, 0.25) is 0 Å². The number of hydrogen-bond acceptors (Lipinski definition) is 6. The van der Waals surface area contributed by atoms with Crippen LogP contribution in [0.15, 0.2) is 43.0 Å². The highest BCUT2D eigenvalue weighted by Gasteiger charge is 2.42. The lowest BCUT2D eigenvalue weighted by molar-refractivity contribution is 0.0732. The second-order valence-corrected chi connectivity index (χ2v) is 8.56. The number of benzene rings is 2. The quantitative estimate of drug-likeness (QED) is 0.376. The van der Waals surface area contributed by atoms with Crippen molar-refractivity contribution >= 4 is 5.91 Å². The SMILES string of the molecule is C=CCOc1ccc(C2c3c(-c4cc(C)cc(C)c4O)n[nH]c3C(=O)N2CCCO)cc1OCC. The minimum atomic E-state index is -0.481. The topological polar surface area (TPSA) is 108 Å². The first-order chi connectivity index (χ1) is 16.9. The smallest absolute Gasteiger partial charge is 0.273 e. The Morgan fingerprint density at radius 1 is 1.20 bits per heavy atom. The number of H-pyrrole nitrogens is 1. The minimum Gasteiger partial charge on any atom is -0.507 e. The van der Waals surface area contributed by atoms with Gasteiger partial charge in [-0.05, 0) is 62.1 Å². The van der Waals surface area contributed by atoms with Crippen LogP contribution >= 0.6 is 0 Å². The van der Waals surface area contributed by atoms with Crippen LogP contribution in [0.25, 0.3) is 11.3 Å². The lowest BCUT2D eigenvalue weighted by atomic mass is 9.94. The number of aliphatic hydroxyl groups is 1. The number of fused-ring (bicyclic) bond motifs is 1. The Balaban J connectivity index is 1.88. The molecule has 2 aromatic carbocycles. The number of phenols is 1. The zero-order valence-electron chi connectivity index (χ0n) is 20.3. The summed E-state index contributed by atoms with van der Waals surface area (Å²) < 4.78 is 11.6. The van der Waals surface area contributed by atoms with E-state index in [4.69, 9.17) is 9.47 Å². The minimum absolute atomic E-state index is 0.0358. The molecule has 0 saturated heterocycles. The lowest BCUT2D eigenvalue weighted by Crippen LogP contribution is -2.31. The molecule has 2 heterocycles. The Hall–Kier alpha value is -3.78. The highest BCUT2D eigenvalue weighted by molar-refractivity contribution is 6.00. The van der Waals surface area contributed by atoms with Crippen LogP contribution in [0.5, 0.6) is 17.2 Å². The molecule has 4 rings (SSSR count). The number of nitrogens with zero attached hydrogens (tertiary/aromatic N) is 2. The van der Waals surface area contributed by atoms with E-state index in [1.807, 2.05) is 51.1 Å². The number of phenolic OH excluding ortho intramolecular Hbond substituents is 1. The molecule has 1 amide bonds. The maximum absolute atomic E-state index is 13.4. The summed E-state index contributed by atoms with van der Waals surface area (Å²) in [6, 6.07) is 8.89. The predicted molar refractivity (Wildman–Crippen MR) is 133 cm³/mol. The second kappa shape index (κ2) is 10.2. The number of carbonyl (C=O) groups excluding carboxylic acids is 1. The van der Waals surface area contributed by atoms with Crippen molar-refractivity contribution in [3.63, 3.8) is 0 Å². The van der Waals surface area contributed by atoms with Crippen LogP contribution in [-0.4, -0.2) is 57.6 Å². The summed E-state index contributed by atoms with van der Waals surface area (Å²) in [4.78, 5) is 15.1. The second-order valence-electron chi connectivity index (χ2n) is 8.56. The molecule has 184 valence electrons. The van der Waals surface area contributed by atoms with E-state index < -0.39 is 6.04 Å². The van der Waals surface area contributed by atoms with Crippen molar-refractivity contribution in [1.82, 2.24) is 15.1 Å². The molecule has 1 atom stereocenters. The van der Waals surface area contributed by atoms with Crippen LogP contribution in [0.3, 0.4) is 0 Å². The number of ether oxygens (including phenoxy) is 2. The van der Waals surface area contributed by atoms with Crippen LogP contribution in [0.1, 0.15) is 52.1 Å². The molecule has 3 N–H and O–H groups in total. The maximum Gasteiger partial charge on any atom is 0.273 e. The standard InChI is InChI=1S/C27H31N3O5/c1-5-12-35-20-9-8-18(15-21(20)34-6-2)25-22-23(19-14-16(3)13-17(4)26(19)32)28-29-24(22)27(33)30(25)10-7-11-31/h5,8-9,13-15,25,31-32H,1,6-7,10-12H2,2-4H3,(H,28,29). The van der Waals surface area contributed by atoms with Gasteiger partial charge in [0.2, 0.25) is 0 Å². The largest absolute Gasteiger partial charge is 0.507 e. The number of nitrogens with one attached hydrogen (secondary N) is 1. The van der Waals surface area contributed by atoms with Gasteiger partial charge in [0.25, 0.3) is 5.91 Å². The van der Waals surface area contributed by atoms with Crippen molar-refractivity contribution in [3.8, 4) is 28.5 Å². The van der Waals surface area contributed by atoms with E-state index in [9.17, 15) is 15.0 Å². The van der Waals surface area contributed by atoms with Gasteiger partial charge in [0.15, 0.2) is 11.5 Å². The number of carbonyl (C=O) groups is 1. The van der Waals surface area contributed by atoms with Crippen molar-refractivity contribution in [2.45, 2.75) is 33.2 Å². The Morgan fingerprint density at radius 3 is 2.71 bits per heavy atom. The molecule has 8 nitrogen and oxygen atoms in total. The predicted octanol–water partition coefficient (Wildman–Crippen LogP) is 4.29. The lowest BCUT2D eigenvalue weighted by Gasteiger charge is -2.27. The highest BCUT2D eigenvalue weighted by Crippen LogP contribution is 2.46. The van der Waals surface area contributed by atoms with Crippen LogP contribution in [0.4, 0.5) is 0 Å². The van der Waals surface area contributed by atoms with E-state index in [1.54, 1.807) is 11.0 Å². The van der Waals surface area contributed by atoms with Crippen molar-refractivity contribution in [2.75, 3.05) is 26.4 Å². The number of amides is 1. The average molecular weight is 478 g/mol. The number of aryl methyl sites for hydroxylation is 2. The number of aliphatic hydroxyl groups excluding tert-OH is 1. The van der Waals surface area contributed by atoms with Gasteiger partial charge in [-0.3, -0.25) is 9.89 Å². The van der Waals surface area contributed by atoms with Gasteiger partial charge in [0.05, 0.1) is 12.6 Å². The molecule has 0 fully saturated rings. The Morgan fingerprint density at radius 2 is 2.00 bits per heavy atom. The summed E-state index contributed by atoms with van der Waals surface area (Å²) in [6.07, 6.45) is 2.10. The molecule has 0 aliphatic carbocycles. The third-order valence-electron chi connectivity index (χ3n) is 6.06. The summed E-state index contributed by atoms with van der Waals surface area (Å²) in [6.45, 7) is 10.5. The molecule has 0 bridgehead atoms. The van der Waals surface area contributed by atoms with Crippen molar-refractivity contribution in [2.24, 2.45) is 0 Å². The molecule has 8 heteroatoms. The third-order valence-corrected chi connectivity index (χ3v) is 6.06. The number of aromatic nitrogens is 2. The van der Waals surface area contributed by atoms with Crippen molar-refractivity contribution < 1.29 is 24.5 Å². The number of hydrogen-bond donors (Lipinski definition) is 3. The highest BCUT2D eigenvalue weighted by atomic mass is 16.5. The van der Waals surface area contributed by atoms with Gasteiger partial charge >= 0.3 is 0 Å². The van der Waals surface area contributed by atoms with Gasteiger partial charge in [-0.15, -0.1) is 0 Å². The molecule has 0 radical (unpaired) electrons. The Kier molecular flexibility index (Phi) is 7.12. The molecule has 1 unspecified atom stereocenters. The van der Waals surface area contributed by atoms with Gasteiger partial charge in [0.1, 0.15) is 23.7 Å². The average Bonchev–Trinajstić information content (AvgIpc) is 3.38. The van der Waals surface area contributed by atoms with Gasteiger partial charge in [-0.2, -0.15) is 5.10 Å². The van der Waals surface area contributed by atoms with Crippen LogP contribution < -0.4 is 9.47 Å². The van der Waals surface area contributed by atoms with Gasteiger partial charge < -0.3 is 24.6 Å². The summed E-state index contributed by atoms with van der Waals surface area (Å²) in [5, 5.41) is 27.7. The fourth-order valence-electron chi connectivity index (χ4n) is 4.59. The molecule has 0 spiro atoms. The van der Waals surface area contributed by atoms with E-state index in [2.05, 4.69) is 16.8 Å². The molecular formula is C27H31N3O5. The number of aromatic amines is 1. The first-order valence-corrected chi connectivity index (χ1v) is 11.7. The fraction of sp³-hybridized carbons (Fsp3) is 0.333. The fourth-order valence-corrected chi connectivity index (χ4v) is 4.59. The molecule has 3 aromatic rings. The molecular weight excluding hydrogens is 446 g/mol. The van der Waals surface area contributed by atoms with Gasteiger partial charge in [-0.25, -0.2) is 0 Å². The zero-order chi connectivity index (χ0) is 25.1. The van der Waals surface area contributed by atoms with Crippen molar-refractivity contribution in [3.05, 3.63) is 70.9 Å². The zero-order valence-corrected chi connectivity index (χ0v) is 20.3. The molecule has 1 aliphatic rings. The first-order valence-electron chi connectivity index (χ1n) is 11.7. The first kappa shape index (κ1) is 24.3. The normalized spacial score (nSPS) is 14.8. The van der Waals surface area contributed by atoms with Crippen molar-refractivity contribution in [1.29, 1.82) is 0 Å². The van der Waals surface area contributed by atoms with Gasteiger partial charge in [0, 0.05) is 24.3 Å². The Bertz CT molecular complexity index is 1250. The van der Waals surface area contributed by atoms with Crippen LogP contribution in [0, 0.1) is 13.8 Å². The van der Waals surface area contributed by atoms with Crippen LogP contribution in [-0.2, 0) is 0 Å². The molecule has 1 aliphatic heterocycles. The number of aromatic hydroxyl groups is 1. The molecule has 35 heavy (non-hydrogen) atoms. The monoisotopic (exact) mass is 477 g/mol. The number of rotatable bonds is 10. The summed E-state index contributed by atoms with van der Waals surface area (Å²) in [5.41, 5.74) is 4.69. The summed E-state index contributed by atoms with van der Waals surface area (Å²) >= 11 is 0. The van der Waals surface area contributed by atoms with E-state index >= 15 is 0 Å². The summed E-state index contributed by atoms with van der Waals surface area (Å²) in [7, 11) is 0. The molecule has 1 aromatic heterocycles. The van der Waals surface area contributed by atoms with E-state index in [0.29, 0.717) is 60.2 Å². The van der Waals surface area contributed by atoms with E-state index in [1.165, 1.54) is 0 Å². The maximum atomic E-state index is 13.4. The van der Waals surface area contributed by atoms with E-state index in [-0.39, 0.29) is 18.3 Å². The third kappa shape index (κ3) is 4.49. The molecule has 0 saturated carbocycles. The summed E-state index contributed by atoms with van der Waals surface area (Å²) in [5.74, 6) is 1.08. The van der Waals surface area contributed by atoms with Gasteiger partial charge in [-0.1, -0.05) is 24.8 Å². The van der Waals surface area contributed by atoms with E-state index in [0.717, 1.165) is 16.7 Å². The Labute approximate surface area is 204 Å².